The second-order valence-electron chi connectivity index (χ2n) is 8.22. The molecular formula is C24H22N2O7S. The maximum atomic E-state index is 13.0. The molecule has 1 aliphatic heterocycles. The van der Waals surface area contributed by atoms with Crippen LogP contribution >= 0.6 is 0 Å². The minimum absolute atomic E-state index is 0.0304. The summed E-state index contributed by atoms with van der Waals surface area (Å²) in [4.78, 5) is 15.0. The Bertz CT molecular complexity index is 1570. The van der Waals surface area contributed by atoms with Crippen LogP contribution in [0.15, 0.2) is 62.6 Å². The van der Waals surface area contributed by atoms with Crippen LogP contribution in [0.25, 0.3) is 21.9 Å². The van der Waals surface area contributed by atoms with Gasteiger partial charge in [0.2, 0.25) is 5.43 Å². The fourth-order valence-corrected chi connectivity index (χ4v) is 5.34. The van der Waals surface area contributed by atoms with E-state index in [1.807, 2.05) is 0 Å². The van der Waals surface area contributed by atoms with Gasteiger partial charge in [0, 0.05) is 24.8 Å². The van der Waals surface area contributed by atoms with Crippen molar-refractivity contribution in [2.24, 2.45) is 0 Å². The maximum Gasteiger partial charge on any atom is 0.262 e. The zero-order chi connectivity index (χ0) is 24.0. The Kier molecular flexibility index (Phi) is 5.24. The van der Waals surface area contributed by atoms with Gasteiger partial charge in [-0.05, 0) is 55.7 Å². The summed E-state index contributed by atoms with van der Waals surface area (Å²) in [7, 11) is -4.13. The standard InChI is InChI=1S/C24H22N2O7S/c27-17-5-4-6-18-20(17)23(29)21-19(33-18)13-16(22(28)24(21)30)25-34(31,32)15-9-7-14(8-10-15)26-11-2-1-3-12-26/h4-10,13,25,27-28,30H,1-3,11-12H2. The van der Waals surface area contributed by atoms with Gasteiger partial charge in [0.05, 0.1) is 10.6 Å². The summed E-state index contributed by atoms with van der Waals surface area (Å²) in [5.41, 5.74) is -0.291. The van der Waals surface area contributed by atoms with Crippen LogP contribution in [0.1, 0.15) is 19.3 Å². The van der Waals surface area contributed by atoms with Crippen LogP contribution in [-0.4, -0.2) is 36.8 Å². The lowest BCUT2D eigenvalue weighted by molar-refractivity contribution is 0.409. The second-order valence-corrected chi connectivity index (χ2v) is 9.91. The van der Waals surface area contributed by atoms with Crippen molar-refractivity contribution in [2.45, 2.75) is 24.2 Å². The molecule has 1 saturated heterocycles. The first kappa shape index (κ1) is 21.9. The Balaban J connectivity index is 1.53. The van der Waals surface area contributed by atoms with Crippen molar-refractivity contribution in [3.63, 3.8) is 0 Å². The number of hydrogen-bond acceptors (Lipinski definition) is 8. The summed E-state index contributed by atoms with van der Waals surface area (Å²) in [5, 5.41) is 30.4. The highest BCUT2D eigenvalue weighted by molar-refractivity contribution is 7.92. The Hall–Kier alpha value is -3.92. The topological polar surface area (TPSA) is 140 Å². The summed E-state index contributed by atoms with van der Waals surface area (Å²) in [6.45, 7) is 1.85. The van der Waals surface area contributed by atoms with Gasteiger partial charge in [0.1, 0.15) is 27.7 Å². The molecule has 0 bridgehead atoms. The van der Waals surface area contributed by atoms with E-state index in [9.17, 15) is 28.5 Å². The van der Waals surface area contributed by atoms with E-state index in [1.165, 1.54) is 36.8 Å². The van der Waals surface area contributed by atoms with E-state index in [-0.39, 0.29) is 38.3 Å². The summed E-state index contributed by atoms with van der Waals surface area (Å²) >= 11 is 0. The van der Waals surface area contributed by atoms with Crippen LogP contribution in [0.4, 0.5) is 11.4 Å². The lowest BCUT2D eigenvalue weighted by atomic mass is 10.1. The lowest BCUT2D eigenvalue weighted by Crippen LogP contribution is -2.29. The number of piperidine rings is 1. The van der Waals surface area contributed by atoms with E-state index < -0.39 is 27.0 Å². The quantitative estimate of drug-likeness (QED) is 0.254. The summed E-state index contributed by atoms with van der Waals surface area (Å²) in [6.07, 6.45) is 3.38. The predicted octanol–water partition coefficient (Wildman–Crippen LogP) is 3.85. The van der Waals surface area contributed by atoms with Crippen LogP contribution in [0.5, 0.6) is 17.2 Å². The molecule has 0 atom stereocenters. The van der Waals surface area contributed by atoms with Crippen molar-refractivity contribution in [1.29, 1.82) is 0 Å². The van der Waals surface area contributed by atoms with Crippen LogP contribution in [0.2, 0.25) is 0 Å². The third-order valence-corrected chi connectivity index (χ3v) is 7.41. The molecule has 4 aromatic rings. The second kappa shape index (κ2) is 8.14. The molecule has 10 heteroatoms. The number of fused-ring (bicyclic) bond motifs is 2. The highest BCUT2D eigenvalue weighted by Gasteiger charge is 2.23. The van der Waals surface area contributed by atoms with Gasteiger partial charge < -0.3 is 24.6 Å². The summed E-state index contributed by atoms with van der Waals surface area (Å²) in [5.74, 6) is -2.03. The molecule has 9 nitrogen and oxygen atoms in total. The molecule has 176 valence electrons. The summed E-state index contributed by atoms with van der Waals surface area (Å²) in [6, 6.07) is 11.7. The minimum Gasteiger partial charge on any atom is -0.507 e. The largest absolute Gasteiger partial charge is 0.507 e. The van der Waals surface area contributed by atoms with Gasteiger partial charge in [-0.3, -0.25) is 9.52 Å². The molecule has 0 aliphatic carbocycles. The van der Waals surface area contributed by atoms with E-state index in [0.717, 1.165) is 37.7 Å². The highest BCUT2D eigenvalue weighted by Crippen LogP contribution is 2.41. The monoisotopic (exact) mass is 482 g/mol. The molecule has 0 radical (unpaired) electrons. The van der Waals surface area contributed by atoms with Crippen molar-refractivity contribution in [1.82, 2.24) is 0 Å². The number of nitrogens with one attached hydrogen (secondary N) is 1. The average Bonchev–Trinajstić information content (AvgIpc) is 2.83. The molecule has 34 heavy (non-hydrogen) atoms. The minimum atomic E-state index is -4.13. The fourth-order valence-electron chi connectivity index (χ4n) is 4.28. The molecule has 2 heterocycles. The van der Waals surface area contributed by atoms with Crippen molar-refractivity contribution in [3.05, 3.63) is 58.8 Å². The molecule has 0 amide bonds. The SMILES string of the molecule is O=c1c2c(O)cccc2oc2cc(NS(=O)(=O)c3ccc(N4CCCCC4)cc3)c(O)c(O)c12. The molecule has 1 fully saturated rings. The first-order valence-corrected chi connectivity index (χ1v) is 12.3. The Labute approximate surface area is 194 Å². The van der Waals surface area contributed by atoms with E-state index in [0.29, 0.717) is 0 Å². The van der Waals surface area contributed by atoms with Gasteiger partial charge in [-0.25, -0.2) is 8.42 Å². The van der Waals surface area contributed by atoms with Crippen LogP contribution in [-0.2, 0) is 10.0 Å². The van der Waals surface area contributed by atoms with Crippen molar-refractivity contribution < 1.29 is 28.2 Å². The smallest absolute Gasteiger partial charge is 0.262 e. The van der Waals surface area contributed by atoms with E-state index in [1.54, 1.807) is 12.1 Å². The summed E-state index contributed by atoms with van der Waals surface area (Å²) < 4.78 is 33.8. The number of hydrogen-bond donors (Lipinski definition) is 4. The molecule has 0 unspecified atom stereocenters. The number of sulfonamides is 1. The van der Waals surface area contributed by atoms with Crippen LogP contribution < -0.4 is 15.1 Å². The number of phenolic OH excluding ortho intramolecular Hbond substituents is 3. The molecule has 3 aromatic carbocycles. The van der Waals surface area contributed by atoms with Gasteiger partial charge in [0.25, 0.3) is 10.0 Å². The van der Waals surface area contributed by atoms with E-state index in [4.69, 9.17) is 4.42 Å². The Morgan fingerprint density at radius 2 is 1.56 bits per heavy atom. The molecule has 1 aliphatic rings. The van der Waals surface area contributed by atoms with Crippen LogP contribution in [0, 0.1) is 0 Å². The molecule has 1 aromatic heterocycles. The number of aromatic hydroxyl groups is 3. The van der Waals surface area contributed by atoms with Crippen molar-refractivity contribution >= 4 is 43.3 Å². The normalized spacial score (nSPS) is 14.5. The van der Waals surface area contributed by atoms with Gasteiger partial charge in [-0.1, -0.05) is 6.07 Å². The average molecular weight is 483 g/mol. The molecule has 0 spiro atoms. The number of nitrogens with zero attached hydrogens (tertiary/aromatic N) is 1. The van der Waals surface area contributed by atoms with Crippen LogP contribution in [0.3, 0.4) is 0 Å². The van der Waals surface area contributed by atoms with E-state index in [2.05, 4.69) is 9.62 Å². The fraction of sp³-hybridized carbons (Fsp3) is 0.208. The molecule has 0 saturated carbocycles. The zero-order valence-corrected chi connectivity index (χ0v) is 18.8. The first-order chi connectivity index (χ1) is 16.3. The van der Waals surface area contributed by atoms with Gasteiger partial charge in [-0.2, -0.15) is 0 Å². The number of rotatable bonds is 4. The van der Waals surface area contributed by atoms with Crippen molar-refractivity contribution in [2.75, 3.05) is 22.7 Å². The van der Waals surface area contributed by atoms with Crippen molar-refractivity contribution in [3.8, 4) is 17.2 Å². The maximum absolute atomic E-state index is 13.0. The molecule has 5 rings (SSSR count). The van der Waals surface area contributed by atoms with E-state index >= 15 is 0 Å². The third kappa shape index (κ3) is 3.65. The predicted molar refractivity (Wildman–Crippen MR) is 128 cm³/mol. The first-order valence-electron chi connectivity index (χ1n) is 10.8. The highest BCUT2D eigenvalue weighted by atomic mass is 32.2. The lowest BCUT2D eigenvalue weighted by Gasteiger charge is -2.28. The van der Waals surface area contributed by atoms with Gasteiger partial charge in [-0.15, -0.1) is 0 Å². The Morgan fingerprint density at radius 1 is 0.853 bits per heavy atom. The zero-order valence-electron chi connectivity index (χ0n) is 18.0. The third-order valence-electron chi connectivity index (χ3n) is 6.03. The molecule has 4 N–H and O–H groups in total. The number of phenols is 3. The Morgan fingerprint density at radius 3 is 2.26 bits per heavy atom. The molecular weight excluding hydrogens is 460 g/mol. The number of anilines is 2. The van der Waals surface area contributed by atoms with Gasteiger partial charge in [0.15, 0.2) is 11.5 Å². The number of benzene rings is 3. The van der Waals surface area contributed by atoms with Gasteiger partial charge >= 0.3 is 0 Å².